The summed E-state index contributed by atoms with van der Waals surface area (Å²) in [5, 5.41) is 6.30. The summed E-state index contributed by atoms with van der Waals surface area (Å²) in [4.78, 5) is 27.6. The number of nitrogens with one attached hydrogen (secondary N) is 2. The van der Waals surface area contributed by atoms with Crippen molar-refractivity contribution in [2.45, 2.75) is 33.6 Å². The van der Waals surface area contributed by atoms with E-state index in [4.69, 9.17) is 14.2 Å². The maximum atomic E-state index is 13.6. The van der Waals surface area contributed by atoms with Gasteiger partial charge in [-0.05, 0) is 73.4 Å². The summed E-state index contributed by atoms with van der Waals surface area (Å²) >= 11 is 0. The zero-order valence-electron chi connectivity index (χ0n) is 27.4. The van der Waals surface area contributed by atoms with Crippen LogP contribution in [0.15, 0.2) is 66.9 Å². The van der Waals surface area contributed by atoms with E-state index in [1.807, 2.05) is 62.4 Å². The van der Waals surface area contributed by atoms with Gasteiger partial charge in [-0.2, -0.15) is 4.98 Å². The number of benzene rings is 3. The van der Waals surface area contributed by atoms with E-state index in [1.165, 1.54) is 11.9 Å². The second-order valence-electron chi connectivity index (χ2n) is 11.5. The second-order valence-corrected chi connectivity index (χ2v) is 11.5. The van der Waals surface area contributed by atoms with Crippen LogP contribution in [0.5, 0.6) is 17.4 Å². The monoisotopic (exact) mass is 624 g/mol. The number of carbonyl (C=O) groups excluding carboxylic acids is 1. The van der Waals surface area contributed by atoms with Gasteiger partial charge in [0.15, 0.2) is 11.5 Å². The van der Waals surface area contributed by atoms with Crippen LogP contribution in [0.25, 0.3) is 0 Å². The molecule has 0 spiro atoms. The van der Waals surface area contributed by atoms with Crippen molar-refractivity contribution in [3.63, 3.8) is 0 Å². The predicted molar refractivity (Wildman–Crippen MR) is 183 cm³/mol. The normalized spacial score (nSPS) is 13.4. The minimum atomic E-state index is -0.368. The summed E-state index contributed by atoms with van der Waals surface area (Å²) in [5.41, 5.74) is 5.99. The summed E-state index contributed by atoms with van der Waals surface area (Å²) in [6.07, 6.45) is 3.42. The first-order valence-corrected chi connectivity index (χ1v) is 15.8. The maximum Gasteiger partial charge on any atom is 0.262 e. The third-order valence-electron chi connectivity index (χ3n) is 8.16. The fourth-order valence-corrected chi connectivity index (χ4v) is 5.53. The van der Waals surface area contributed by atoms with Crippen LogP contribution >= 0.6 is 0 Å². The Morgan fingerprint density at radius 3 is 2.35 bits per heavy atom. The Kier molecular flexibility index (Phi) is 11.1. The number of carbonyl (C=O) groups is 1. The molecule has 0 atom stereocenters. The number of piperazine rings is 1. The zero-order chi connectivity index (χ0) is 32.5. The number of ether oxygens (including phenoxy) is 3. The highest BCUT2D eigenvalue weighted by Gasteiger charge is 2.21. The Balaban J connectivity index is 1.37. The molecule has 2 N–H and O–H groups in total. The quantitative estimate of drug-likeness (QED) is 0.170. The lowest BCUT2D eigenvalue weighted by Crippen LogP contribution is -2.47. The van der Waals surface area contributed by atoms with Gasteiger partial charge in [0.2, 0.25) is 11.8 Å². The van der Waals surface area contributed by atoms with Gasteiger partial charge in [0.05, 0.1) is 13.7 Å². The third kappa shape index (κ3) is 8.13. The van der Waals surface area contributed by atoms with Crippen LogP contribution < -0.4 is 25.0 Å². The molecule has 0 saturated carbocycles. The van der Waals surface area contributed by atoms with E-state index < -0.39 is 0 Å². The molecule has 1 aliphatic rings. The molecule has 1 aromatic heterocycles. The molecule has 242 valence electrons. The van der Waals surface area contributed by atoms with E-state index in [1.54, 1.807) is 14.2 Å². The maximum absolute atomic E-state index is 13.6. The minimum absolute atomic E-state index is 0.116. The Morgan fingerprint density at radius 2 is 1.67 bits per heavy atom. The summed E-state index contributed by atoms with van der Waals surface area (Å²) < 4.78 is 17.2. The van der Waals surface area contributed by atoms with Crippen LogP contribution in [0.2, 0.25) is 0 Å². The van der Waals surface area contributed by atoms with Gasteiger partial charge in [-0.1, -0.05) is 37.6 Å². The van der Waals surface area contributed by atoms with Crippen molar-refractivity contribution in [1.82, 2.24) is 14.9 Å². The summed E-state index contributed by atoms with van der Waals surface area (Å²) in [6, 6.07) is 19.9. The number of anilines is 4. The molecular formula is C36H44N6O4. The lowest BCUT2D eigenvalue weighted by molar-refractivity contribution is 0.102. The van der Waals surface area contributed by atoms with Crippen molar-refractivity contribution in [3.8, 4) is 17.4 Å². The highest BCUT2D eigenvalue weighted by Crippen LogP contribution is 2.34. The van der Waals surface area contributed by atoms with Crippen LogP contribution in [-0.2, 0) is 11.2 Å². The molecule has 0 radical (unpaired) electrons. The topological polar surface area (TPSA) is 101 Å². The minimum Gasteiger partial charge on any atom is -0.493 e. The van der Waals surface area contributed by atoms with E-state index in [2.05, 4.69) is 49.5 Å². The highest BCUT2D eigenvalue weighted by molar-refractivity contribution is 6.06. The molecule has 1 amide bonds. The van der Waals surface area contributed by atoms with Crippen LogP contribution in [0.3, 0.4) is 0 Å². The van der Waals surface area contributed by atoms with E-state index >= 15 is 0 Å². The van der Waals surface area contributed by atoms with Crippen molar-refractivity contribution in [3.05, 3.63) is 89.1 Å². The molecule has 1 saturated heterocycles. The number of hydrogen-bond donors (Lipinski definition) is 2. The number of methoxy groups -OCH3 is 2. The average molecular weight is 625 g/mol. The van der Waals surface area contributed by atoms with E-state index in [0.717, 1.165) is 80.2 Å². The zero-order valence-corrected chi connectivity index (χ0v) is 27.4. The molecule has 10 heteroatoms. The van der Waals surface area contributed by atoms with Crippen LogP contribution in [0, 0.1) is 13.8 Å². The van der Waals surface area contributed by atoms with Gasteiger partial charge in [-0.25, -0.2) is 4.98 Å². The van der Waals surface area contributed by atoms with Gasteiger partial charge in [-0.3, -0.25) is 9.69 Å². The number of amides is 1. The summed E-state index contributed by atoms with van der Waals surface area (Å²) in [7, 11) is 3.34. The van der Waals surface area contributed by atoms with Crippen molar-refractivity contribution >= 4 is 28.9 Å². The van der Waals surface area contributed by atoms with Crippen LogP contribution in [0.4, 0.5) is 23.0 Å². The van der Waals surface area contributed by atoms with Gasteiger partial charge < -0.3 is 29.7 Å². The van der Waals surface area contributed by atoms with E-state index in [-0.39, 0.29) is 17.4 Å². The van der Waals surface area contributed by atoms with E-state index in [9.17, 15) is 4.79 Å². The lowest BCUT2D eigenvalue weighted by atomic mass is 10.1. The summed E-state index contributed by atoms with van der Waals surface area (Å²) in [6.45, 7) is 11.7. The molecule has 0 aliphatic carbocycles. The number of aryl methyl sites for hydroxylation is 3. The smallest absolute Gasteiger partial charge is 0.262 e. The molecule has 3 aromatic carbocycles. The lowest BCUT2D eigenvalue weighted by Gasteiger charge is -2.36. The number of nitrogens with zero attached hydrogens (tertiary/aromatic N) is 4. The van der Waals surface area contributed by atoms with Crippen molar-refractivity contribution in [2.75, 3.05) is 69.1 Å². The standard InChI is InChI=1S/C36H44N6O4/c1-6-8-27-11-16-31(32(23-27)45-5)46-35-30(34(43)39-33-25(2)9-7-10-26(33)3)24-37-36(40-35)38-28-12-14-29(15-13-28)42-19-17-41(18-20-42)21-22-44-4/h7,9-16,23-24H,6,8,17-22H2,1-5H3,(H,39,43)(H,37,38,40). The van der Waals surface area contributed by atoms with Crippen molar-refractivity contribution in [2.24, 2.45) is 0 Å². The van der Waals surface area contributed by atoms with Gasteiger partial charge in [-0.15, -0.1) is 0 Å². The molecule has 1 aliphatic heterocycles. The number of aromatic nitrogens is 2. The molecule has 0 unspecified atom stereocenters. The molecule has 5 rings (SSSR count). The van der Waals surface area contributed by atoms with E-state index in [0.29, 0.717) is 17.4 Å². The second kappa shape index (κ2) is 15.6. The molecule has 10 nitrogen and oxygen atoms in total. The Morgan fingerprint density at radius 1 is 0.935 bits per heavy atom. The first kappa shape index (κ1) is 32.7. The SMILES string of the molecule is CCCc1ccc(Oc2nc(Nc3ccc(N4CCN(CCOC)CC4)cc3)ncc2C(=O)Nc2c(C)cccc2C)c(OC)c1. The van der Waals surface area contributed by atoms with Crippen LogP contribution in [0.1, 0.15) is 40.4 Å². The first-order valence-electron chi connectivity index (χ1n) is 15.8. The average Bonchev–Trinajstić information content (AvgIpc) is 3.07. The van der Waals surface area contributed by atoms with Gasteiger partial charge >= 0.3 is 0 Å². The Hall–Kier alpha value is -4.67. The molecule has 1 fully saturated rings. The third-order valence-corrected chi connectivity index (χ3v) is 8.16. The fourth-order valence-electron chi connectivity index (χ4n) is 5.53. The molecule has 2 heterocycles. The first-order chi connectivity index (χ1) is 22.4. The number of rotatable bonds is 13. The summed E-state index contributed by atoms with van der Waals surface area (Å²) in [5.74, 6) is 1.08. The molecule has 0 bridgehead atoms. The highest BCUT2D eigenvalue weighted by atomic mass is 16.5. The molecule has 4 aromatic rings. The molecule has 46 heavy (non-hydrogen) atoms. The van der Waals surface area contributed by atoms with Gasteiger partial charge in [0.1, 0.15) is 5.56 Å². The Bertz CT molecular complexity index is 1600. The number of hydrogen-bond acceptors (Lipinski definition) is 9. The number of para-hydroxylation sites is 1. The van der Waals surface area contributed by atoms with Crippen molar-refractivity contribution in [1.29, 1.82) is 0 Å². The fraction of sp³-hybridized carbons (Fsp3) is 0.361. The van der Waals surface area contributed by atoms with Crippen molar-refractivity contribution < 1.29 is 19.0 Å². The van der Waals surface area contributed by atoms with Gasteiger partial charge in [0, 0.05) is 63.1 Å². The van der Waals surface area contributed by atoms with Gasteiger partial charge in [0.25, 0.3) is 5.91 Å². The Labute approximate surface area is 271 Å². The molecular weight excluding hydrogens is 580 g/mol. The van der Waals surface area contributed by atoms with Crippen LogP contribution in [-0.4, -0.2) is 74.3 Å². The predicted octanol–water partition coefficient (Wildman–Crippen LogP) is 6.61. The largest absolute Gasteiger partial charge is 0.493 e.